The number of carbonyl (C=O) groups excluding carboxylic acids is 2. The highest BCUT2D eigenvalue weighted by Gasteiger charge is 2.25. The van der Waals surface area contributed by atoms with Gasteiger partial charge >= 0.3 is 0 Å². The highest BCUT2D eigenvalue weighted by molar-refractivity contribution is 7.16. The van der Waals surface area contributed by atoms with E-state index in [1.165, 1.54) is 16.9 Å². The van der Waals surface area contributed by atoms with Crippen LogP contribution < -0.4 is 10.2 Å². The SMILES string of the molecule is CCCC(=O)N1CCc2cc(-c3nc(NC(=O)c4ccncc4)sc3C)ccc21. The lowest BCUT2D eigenvalue weighted by atomic mass is 10.1. The molecule has 1 aliphatic rings. The second-order valence-electron chi connectivity index (χ2n) is 7.00. The van der Waals surface area contributed by atoms with Crippen molar-refractivity contribution in [1.82, 2.24) is 9.97 Å². The normalized spacial score (nSPS) is 12.7. The molecule has 3 aromatic rings. The predicted octanol–water partition coefficient (Wildman–Crippen LogP) is 4.46. The zero-order chi connectivity index (χ0) is 20.4. The van der Waals surface area contributed by atoms with Crippen LogP contribution in [0.3, 0.4) is 0 Å². The highest BCUT2D eigenvalue weighted by Crippen LogP contribution is 2.36. The minimum atomic E-state index is -0.202. The van der Waals surface area contributed by atoms with Crippen molar-refractivity contribution in [3.05, 3.63) is 58.7 Å². The molecular formula is C22H22N4O2S. The van der Waals surface area contributed by atoms with Crippen LogP contribution in [0.4, 0.5) is 10.8 Å². The first-order valence-corrected chi connectivity index (χ1v) is 10.5. The van der Waals surface area contributed by atoms with Gasteiger partial charge in [0.05, 0.1) is 5.69 Å². The summed E-state index contributed by atoms with van der Waals surface area (Å²) in [5.41, 5.74) is 4.59. The second kappa shape index (κ2) is 8.13. The number of aromatic nitrogens is 2. The van der Waals surface area contributed by atoms with Crippen LogP contribution in [0.15, 0.2) is 42.7 Å². The van der Waals surface area contributed by atoms with Crippen molar-refractivity contribution < 1.29 is 9.59 Å². The first-order valence-electron chi connectivity index (χ1n) is 9.69. The summed E-state index contributed by atoms with van der Waals surface area (Å²) in [7, 11) is 0. The molecule has 3 heterocycles. The lowest BCUT2D eigenvalue weighted by molar-refractivity contribution is -0.118. The van der Waals surface area contributed by atoms with Gasteiger partial charge in [-0.05, 0) is 49.6 Å². The van der Waals surface area contributed by atoms with E-state index in [-0.39, 0.29) is 11.8 Å². The Bertz CT molecular complexity index is 1060. The van der Waals surface area contributed by atoms with Crippen molar-refractivity contribution in [3.63, 3.8) is 0 Å². The molecule has 29 heavy (non-hydrogen) atoms. The van der Waals surface area contributed by atoms with Gasteiger partial charge in [0.1, 0.15) is 0 Å². The Morgan fingerprint density at radius 2 is 2.00 bits per heavy atom. The third-order valence-corrected chi connectivity index (χ3v) is 5.86. The molecule has 0 aliphatic carbocycles. The van der Waals surface area contributed by atoms with E-state index in [1.807, 2.05) is 30.9 Å². The van der Waals surface area contributed by atoms with E-state index in [2.05, 4.69) is 21.4 Å². The number of rotatable bonds is 5. The number of hydrogen-bond acceptors (Lipinski definition) is 5. The standard InChI is InChI=1S/C22H22N4O2S/c1-3-4-19(27)26-12-9-16-13-17(5-6-18(16)26)20-14(2)29-22(24-20)25-21(28)15-7-10-23-11-8-15/h5-8,10-11,13H,3-4,9,12H2,1-2H3,(H,24,25,28). The van der Waals surface area contributed by atoms with Crippen LogP contribution in [0.2, 0.25) is 0 Å². The Balaban J connectivity index is 1.56. The molecule has 0 bridgehead atoms. The molecule has 6 nitrogen and oxygen atoms in total. The summed E-state index contributed by atoms with van der Waals surface area (Å²) in [5, 5.41) is 3.43. The number of nitrogens with one attached hydrogen (secondary N) is 1. The highest BCUT2D eigenvalue weighted by atomic mass is 32.1. The van der Waals surface area contributed by atoms with E-state index < -0.39 is 0 Å². The molecule has 0 atom stereocenters. The maximum atomic E-state index is 12.4. The molecule has 0 fully saturated rings. The Morgan fingerprint density at radius 3 is 2.76 bits per heavy atom. The second-order valence-corrected chi connectivity index (χ2v) is 8.21. The van der Waals surface area contributed by atoms with E-state index in [4.69, 9.17) is 0 Å². The minimum absolute atomic E-state index is 0.185. The number of pyridine rings is 1. The topological polar surface area (TPSA) is 75.2 Å². The molecule has 0 radical (unpaired) electrons. The van der Waals surface area contributed by atoms with E-state index in [0.29, 0.717) is 17.1 Å². The van der Waals surface area contributed by atoms with E-state index in [1.54, 1.807) is 24.5 Å². The quantitative estimate of drug-likeness (QED) is 0.679. The summed E-state index contributed by atoms with van der Waals surface area (Å²) in [4.78, 5) is 36.2. The van der Waals surface area contributed by atoms with Gasteiger partial charge in [0.2, 0.25) is 5.91 Å². The van der Waals surface area contributed by atoms with Crippen LogP contribution in [0, 0.1) is 6.92 Å². The van der Waals surface area contributed by atoms with Gasteiger partial charge in [0.25, 0.3) is 5.91 Å². The van der Waals surface area contributed by atoms with Crippen LogP contribution in [0.1, 0.15) is 40.6 Å². The molecule has 1 aliphatic heterocycles. The van der Waals surface area contributed by atoms with Crippen LogP contribution >= 0.6 is 11.3 Å². The monoisotopic (exact) mass is 406 g/mol. The lowest BCUT2D eigenvalue weighted by Crippen LogP contribution is -2.28. The van der Waals surface area contributed by atoms with Crippen molar-refractivity contribution in [3.8, 4) is 11.3 Å². The number of anilines is 2. The fourth-order valence-electron chi connectivity index (χ4n) is 3.55. The number of benzene rings is 1. The number of hydrogen-bond donors (Lipinski definition) is 1. The molecule has 1 N–H and O–H groups in total. The molecule has 4 rings (SSSR count). The molecule has 2 amide bonds. The smallest absolute Gasteiger partial charge is 0.257 e. The lowest BCUT2D eigenvalue weighted by Gasteiger charge is -2.17. The van der Waals surface area contributed by atoms with Gasteiger partial charge in [-0.15, -0.1) is 11.3 Å². The molecule has 2 aromatic heterocycles. The molecule has 148 valence electrons. The number of nitrogens with zero attached hydrogens (tertiary/aromatic N) is 3. The van der Waals surface area contributed by atoms with Crippen LogP contribution in [0.25, 0.3) is 11.3 Å². The van der Waals surface area contributed by atoms with Gasteiger partial charge in [0, 0.05) is 47.1 Å². The summed E-state index contributed by atoms with van der Waals surface area (Å²) < 4.78 is 0. The molecule has 7 heteroatoms. The maximum absolute atomic E-state index is 12.4. The van der Waals surface area contributed by atoms with Gasteiger partial charge in [-0.1, -0.05) is 13.0 Å². The van der Waals surface area contributed by atoms with E-state index >= 15 is 0 Å². The summed E-state index contributed by atoms with van der Waals surface area (Å²) in [6.45, 7) is 4.76. The minimum Gasteiger partial charge on any atom is -0.312 e. The third kappa shape index (κ3) is 3.91. The summed E-state index contributed by atoms with van der Waals surface area (Å²) in [5.74, 6) is -0.0170. The van der Waals surface area contributed by atoms with Gasteiger partial charge in [0.15, 0.2) is 5.13 Å². The predicted molar refractivity (Wildman–Crippen MR) is 115 cm³/mol. The van der Waals surface area contributed by atoms with Crippen LogP contribution in [-0.4, -0.2) is 28.3 Å². The number of fused-ring (bicyclic) bond motifs is 1. The first kappa shape index (κ1) is 19.3. The number of carbonyl (C=O) groups is 2. The first-order chi connectivity index (χ1) is 14.1. The van der Waals surface area contributed by atoms with Crippen molar-refractivity contribution in [2.75, 3.05) is 16.8 Å². The van der Waals surface area contributed by atoms with Crippen LogP contribution in [0.5, 0.6) is 0 Å². The molecule has 0 spiro atoms. The molecule has 0 unspecified atom stereocenters. The number of amides is 2. The van der Waals surface area contributed by atoms with Gasteiger partial charge in [-0.2, -0.15) is 0 Å². The van der Waals surface area contributed by atoms with Crippen molar-refractivity contribution in [2.45, 2.75) is 33.1 Å². The largest absolute Gasteiger partial charge is 0.312 e. The van der Waals surface area contributed by atoms with Gasteiger partial charge in [-0.3, -0.25) is 19.9 Å². The number of aryl methyl sites for hydroxylation is 1. The molecule has 0 saturated heterocycles. The Kier molecular flexibility index (Phi) is 5.40. The Labute approximate surface area is 173 Å². The molecule has 0 saturated carbocycles. The number of thiazole rings is 1. The fraction of sp³-hybridized carbons (Fsp3) is 0.273. The molecule has 1 aromatic carbocycles. The van der Waals surface area contributed by atoms with E-state index in [9.17, 15) is 9.59 Å². The summed E-state index contributed by atoms with van der Waals surface area (Å²) in [6, 6.07) is 9.47. The van der Waals surface area contributed by atoms with Crippen LogP contribution in [-0.2, 0) is 11.2 Å². The Hall–Kier alpha value is -3.06. The third-order valence-electron chi connectivity index (χ3n) is 4.97. The van der Waals surface area contributed by atoms with Gasteiger partial charge in [-0.25, -0.2) is 4.98 Å². The van der Waals surface area contributed by atoms with Crippen molar-refractivity contribution in [2.24, 2.45) is 0 Å². The van der Waals surface area contributed by atoms with Crippen molar-refractivity contribution >= 4 is 34.0 Å². The van der Waals surface area contributed by atoms with Gasteiger partial charge < -0.3 is 4.90 Å². The fourth-order valence-corrected chi connectivity index (χ4v) is 4.38. The summed E-state index contributed by atoms with van der Waals surface area (Å²) >= 11 is 1.45. The maximum Gasteiger partial charge on any atom is 0.257 e. The zero-order valence-corrected chi connectivity index (χ0v) is 17.3. The molecular weight excluding hydrogens is 384 g/mol. The zero-order valence-electron chi connectivity index (χ0n) is 16.4. The van der Waals surface area contributed by atoms with E-state index in [0.717, 1.165) is 41.2 Å². The Morgan fingerprint density at radius 1 is 1.21 bits per heavy atom. The average Bonchev–Trinajstić information content (AvgIpc) is 3.31. The summed E-state index contributed by atoms with van der Waals surface area (Å²) in [6.07, 6.45) is 5.47. The average molecular weight is 407 g/mol. The van der Waals surface area contributed by atoms with Crippen molar-refractivity contribution in [1.29, 1.82) is 0 Å².